The van der Waals surface area contributed by atoms with E-state index in [1.165, 1.54) is 16.5 Å². The number of amides is 1. The summed E-state index contributed by atoms with van der Waals surface area (Å²) in [5.41, 5.74) is 6.36. The maximum Gasteiger partial charge on any atom is 0.256 e. The van der Waals surface area contributed by atoms with Crippen molar-refractivity contribution < 1.29 is 4.79 Å². The highest BCUT2D eigenvalue weighted by molar-refractivity contribution is 6.33. The van der Waals surface area contributed by atoms with Gasteiger partial charge in [-0.1, -0.05) is 71.8 Å². The number of rotatable bonds is 2. The Hall–Kier alpha value is -3.04. The van der Waals surface area contributed by atoms with E-state index >= 15 is 0 Å². The number of aryl methyl sites for hydroxylation is 1. The number of hydrogen-bond acceptors (Lipinski definition) is 1. The van der Waals surface area contributed by atoms with Crippen LogP contribution in [-0.2, 0) is 6.42 Å². The highest BCUT2D eigenvalue weighted by Crippen LogP contribution is 2.39. The topological polar surface area (TPSA) is 36.1 Å². The van der Waals surface area contributed by atoms with Gasteiger partial charge in [-0.15, -0.1) is 0 Å². The molecule has 144 valence electrons. The van der Waals surface area contributed by atoms with Crippen LogP contribution in [0.3, 0.4) is 0 Å². The number of hydrogen-bond donors (Lipinski definition) is 1. The predicted octanol–water partition coefficient (Wildman–Crippen LogP) is 5.92. The zero-order valence-electron chi connectivity index (χ0n) is 16.2. The van der Waals surface area contributed by atoms with Crippen molar-refractivity contribution in [2.75, 3.05) is 6.54 Å². The molecule has 0 saturated heterocycles. The highest BCUT2D eigenvalue weighted by atomic mass is 35.5. The summed E-state index contributed by atoms with van der Waals surface area (Å²) >= 11 is 6.36. The quantitative estimate of drug-likeness (QED) is 0.445. The van der Waals surface area contributed by atoms with Crippen molar-refractivity contribution >= 4 is 28.4 Å². The van der Waals surface area contributed by atoms with Crippen LogP contribution >= 0.6 is 11.6 Å². The van der Waals surface area contributed by atoms with E-state index in [1.54, 1.807) is 12.1 Å². The van der Waals surface area contributed by atoms with Gasteiger partial charge in [0, 0.05) is 23.1 Å². The molecule has 3 aromatic carbocycles. The summed E-state index contributed by atoms with van der Waals surface area (Å²) < 4.78 is 0. The standard InChI is InChI=1S/C25H21ClN2O/c1-16-10-12-17(13-11-16)24-23-19(18-6-3-5-9-22(18)27-23)14-15-28(24)25(29)20-7-2-4-8-21(20)26/h2-13,24,27H,14-15H2,1H3. The third kappa shape index (κ3) is 3.02. The van der Waals surface area contributed by atoms with Crippen molar-refractivity contribution in [2.24, 2.45) is 0 Å². The fourth-order valence-corrected chi connectivity index (χ4v) is 4.56. The Morgan fingerprint density at radius 2 is 1.72 bits per heavy atom. The monoisotopic (exact) mass is 400 g/mol. The molecule has 3 nitrogen and oxygen atoms in total. The van der Waals surface area contributed by atoms with Crippen molar-refractivity contribution in [3.8, 4) is 0 Å². The van der Waals surface area contributed by atoms with Crippen LogP contribution in [0, 0.1) is 6.92 Å². The van der Waals surface area contributed by atoms with Crippen LogP contribution in [0.25, 0.3) is 10.9 Å². The lowest BCUT2D eigenvalue weighted by Gasteiger charge is -2.36. The number of nitrogens with one attached hydrogen (secondary N) is 1. The molecule has 0 bridgehead atoms. The summed E-state index contributed by atoms with van der Waals surface area (Å²) in [5.74, 6) is -0.0366. The summed E-state index contributed by atoms with van der Waals surface area (Å²) in [6.07, 6.45) is 0.817. The van der Waals surface area contributed by atoms with Crippen LogP contribution in [0.4, 0.5) is 0 Å². The first-order valence-corrected chi connectivity index (χ1v) is 10.2. The Labute approximate surface area is 174 Å². The largest absolute Gasteiger partial charge is 0.356 e. The van der Waals surface area contributed by atoms with Crippen LogP contribution in [0.5, 0.6) is 0 Å². The fraction of sp³-hybridized carbons (Fsp3) is 0.160. The number of fused-ring (bicyclic) bond motifs is 3. The summed E-state index contributed by atoms with van der Waals surface area (Å²) in [6, 6.07) is 23.9. The molecule has 0 aliphatic carbocycles. The molecule has 1 amide bonds. The summed E-state index contributed by atoms with van der Waals surface area (Å²) in [7, 11) is 0. The van der Waals surface area contributed by atoms with Gasteiger partial charge in [0.1, 0.15) is 0 Å². The number of aromatic nitrogens is 1. The average Bonchev–Trinajstić information content (AvgIpc) is 3.12. The van der Waals surface area contributed by atoms with Crippen molar-refractivity contribution in [3.63, 3.8) is 0 Å². The zero-order chi connectivity index (χ0) is 20.0. The van der Waals surface area contributed by atoms with Gasteiger partial charge < -0.3 is 9.88 Å². The van der Waals surface area contributed by atoms with Crippen molar-refractivity contribution in [3.05, 3.63) is 106 Å². The molecule has 1 N–H and O–H groups in total. The molecule has 0 fully saturated rings. The number of halogens is 1. The molecule has 1 aromatic heterocycles. The lowest BCUT2D eigenvalue weighted by molar-refractivity contribution is 0.0692. The van der Waals surface area contributed by atoms with E-state index in [1.807, 2.05) is 23.1 Å². The van der Waals surface area contributed by atoms with Gasteiger partial charge in [0.15, 0.2) is 0 Å². The second-order valence-corrected chi connectivity index (χ2v) is 8.01. The first-order valence-electron chi connectivity index (χ1n) is 9.85. The van der Waals surface area contributed by atoms with Gasteiger partial charge >= 0.3 is 0 Å². The van der Waals surface area contributed by atoms with Crippen LogP contribution in [0.15, 0.2) is 72.8 Å². The first-order chi connectivity index (χ1) is 14.1. The van der Waals surface area contributed by atoms with Gasteiger partial charge in [-0.3, -0.25) is 4.79 Å². The highest BCUT2D eigenvalue weighted by Gasteiger charge is 2.35. The van der Waals surface area contributed by atoms with Gasteiger partial charge in [-0.05, 0) is 42.7 Å². The van der Waals surface area contributed by atoms with E-state index in [4.69, 9.17) is 11.6 Å². The molecule has 2 heterocycles. The molecular formula is C25H21ClN2O. The molecule has 4 aromatic rings. The van der Waals surface area contributed by atoms with Gasteiger partial charge in [-0.25, -0.2) is 0 Å². The molecule has 1 unspecified atom stereocenters. The van der Waals surface area contributed by atoms with Crippen LogP contribution in [-0.4, -0.2) is 22.3 Å². The summed E-state index contributed by atoms with van der Waals surface area (Å²) in [4.78, 5) is 19.1. The van der Waals surface area contributed by atoms with Crippen LogP contribution < -0.4 is 0 Å². The lowest BCUT2D eigenvalue weighted by atomic mass is 9.91. The minimum absolute atomic E-state index is 0.0366. The maximum absolute atomic E-state index is 13.5. The van der Waals surface area contributed by atoms with E-state index in [0.717, 1.165) is 23.2 Å². The molecule has 4 heteroatoms. The minimum Gasteiger partial charge on any atom is -0.356 e. The molecule has 0 radical (unpaired) electrons. The van der Waals surface area contributed by atoms with E-state index in [0.29, 0.717) is 17.1 Å². The lowest BCUT2D eigenvalue weighted by Crippen LogP contribution is -2.40. The van der Waals surface area contributed by atoms with Gasteiger partial charge in [0.05, 0.1) is 16.6 Å². The average molecular weight is 401 g/mol. The Morgan fingerprint density at radius 1 is 1.00 bits per heavy atom. The van der Waals surface area contributed by atoms with Gasteiger partial charge in [0.25, 0.3) is 5.91 Å². The summed E-state index contributed by atoms with van der Waals surface area (Å²) in [5, 5.41) is 1.73. The van der Waals surface area contributed by atoms with Crippen molar-refractivity contribution in [1.82, 2.24) is 9.88 Å². The van der Waals surface area contributed by atoms with Gasteiger partial charge in [0.2, 0.25) is 0 Å². The second-order valence-electron chi connectivity index (χ2n) is 7.60. The van der Waals surface area contributed by atoms with E-state index in [9.17, 15) is 4.79 Å². The Morgan fingerprint density at radius 3 is 2.52 bits per heavy atom. The van der Waals surface area contributed by atoms with Crippen molar-refractivity contribution in [1.29, 1.82) is 0 Å². The minimum atomic E-state index is -0.171. The van der Waals surface area contributed by atoms with E-state index in [-0.39, 0.29) is 11.9 Å². The number of carbonyl (C=O) groups excluding carboxylic acids is 1. The normalized spacial score (nSPS) is 16.1. The number of aromatic amines is 1. The zero-order valence-corrected chi connectivity index (χ0v) is 16.9. The Bertz CT molecular complexity index is 1210. The summed E-state index contributed by atoms with van der Waals surface area (Å²) in [6.45, 7) is 2.73. The molecule has 1 aliphatic rings. The van der Waals surface area contributed by atoms with Crippen molar-refractivity contribution in [2.45, 2.75) is 19.4 Å². The smallest absolute Gasteiger partial charge is 0.256 e. The fourth-order valence-electron chi connectivity index (χ4n) is 4.34. The molecule has 0 spiro atoms. The third-order valence-corrected chi connectivity index (χ3v) is 6.12. The molecule has 5 rings (SSSR count). The number of carbonyl (C=O) groups is 1. The molecule has 1 aliphatic heterocycles. The molecule has 1 atom stereocenters. The molecular weight excluding hydrogens is 380 g/mol. The second kappa shape index (κ2) is 7.09. The number of para-hydroxylation sites is 1. The van der Waals surface area contributed by atoms with Crippen LogP contribution in [0.1, 0.15) is 38.8 Å². The SMILES string of the molecule is Cc1ccc(C2c3[nH]c4ccccc4c3CCN2C(=O)c2ccccc2Cl)cc1. The molecule has 29 heavy (non-hydrogen) atoms. The maximum atomic E-state index is 13.5. The number of nitrogens with zero attached hydrogens (tertiary/aromatic N) is 1. The number of benzene rings is 3. The first kappa shape index (κ1) is 18.0. The Kier molecular flexibility index (Phi) is 4.40. The number of H-pyrrole nitrogens is 1. The van der Waals surface area contributed by atoms with Gasteiger partial charge in [-0.2, -0.15) is 0 Å². The van der Waals surface area contributed by atoms with E-state index < -0.39 is 0 Å². The third-order valence-electron chi connectivity index (χ3n) is 5.79. The van der Waals surface area contributed by atoms with Crippen LogP contribution in [0.2, 0.25) is 5.02 Å². The predicted molar refractivity (Wildman–Crippen MR) is 118 cm³/mol. The van der Waals surface area contributed by atoms with E-state index in [2.05, 4.69) is 54.4 Å². The Balaban J connectivity index is 1.68. The molecule has 0 saturated carbocycles.